The minimum absolute atomic E-state index is 0.0293. The third-order valence-electron chi connectivity index (χ3n) is 4.64. The number of carbonyl (C=O) groups excluding carboxylic acids is 1. The van der Waals surface area contributed by atoms with Crippen LogP contribution in [-0.4, -0.2) is 46.1 Å². The van der Waals surface area contributed by atoms with Gasteiger partial charge in [-0.2, -0.15) is 0 Å². The molecule has 5 nitrogen and oxygen atoms in total. The van der Waals surface area contributed by atoms with Crippen LogP contribution in [0.4, 0.5) is 0 Å². The molecule has 0 aromatic rings. The van der Waals surface area contributed by atoms with Crippen molar-refractivity contribution >= 4 is 11.9 Å². The van der Waals surface area contributed by atoms with E-state index in [-0.39, 0.29) is 5.91 Å². The van der Waals surface area contributed by atoms with Gasteiger partial charge in [0.2, 0.25) is 5.91 Å². The molecule has 0 aliphatic carbocycles. The minimum Gasteiger partial charge on any atom is -0.479 e. The zero-order valence-corrected chi connectivity index (χ0v) is 11.9. The molecule has 5 heteroatoms. The van der Waals surface area contributed by atoms with Crippen LogP contribution < -0.4 is 5.32 Å². The van der Waals surface area contributed by atoms with Crippen LogP contribution >= 0.6 is 0 Å². The van der Waals surface area contributed by atoms with Gasteiger partial charge in [-0.25, -0.2) is 4.79 Å². The van der Waals surface area contributed by atoms with Crippen LogP contribution in [0.5, 0.6) is 0 Å². The van der Waals surface area contributed by atoms with Gasteiger partial charge in [0, 0.05) is 6.54 Å². The molecule has 108 valence electrons. The van der Waals surface area contributed by atoms with E-state index < -0.39 is 17.0 Å². The fraction of sp³-hybridized carbons (Fsp3) is 0.857. The van der Waals surface area contributed by atoms with E-state index in [4.69, 9.17) is 0 Å². The standard InChI is InChI=1S/C14H24N2O3/c1-3-6-14(12(18)19)8-5-10-16(14)11(17)13(2)7-4-9-15-13/h15H,3-10H2,1-2H3,(H,18,19). The number of nitrogens with zero attached hydrogens (tertiary/aromatic N) is 1. The van der Waals surface area contributed by atoms with Crippen molar-refractivity contribution in [3.63, 3.8) is 0 Å². The van der Waals surface area contributed by atoms with E-state index >= 15 is 0 Å². The summed E-state index contributed by atoms with van der Waals surface area (Å²) in [5, 5.41) is 12.9. The lowest BCUT2D eigenvalue weighted by Crippen LogP contribution is -2.61. The molecule has 0 radical (unpaired) electrons. The Bertz CT molecular complexity index is 377. The first-order chi connectivity index (χ1) is 8.96. The van der Waals surface area contributed by atoms with Crippen molar-refractivity contribution in [2.45, 2.75) is 63.5 Å². The van der Waals surface area contributed by atoms with E-state index in [9.17, 15) is 14.7 Å². The van der Waals surface area contributed by atoms with Crippen LogP contribution in [0.25, 0.3) is 0 Å². The molecule has 2 saturated heterocycles. The van der Waals surface area contributed by atoms with Crippen molar-refractivity contribution in [3.05, 3.63) is 0 Å². The van der Waals surface area contributed by atoms with Crippen molar-refractivity contribution in [2.24, 2.45) is 0 Å². The van der Waals surface area contributed by atoms with Gasteiger partial charge in [-0.1, -0.05) is 13.3 Å². The molecule has 2 unspecified atom stereocenters. The topological polar surface area (TPSA) is 69.6 Å². The SMILES string of the molecule is CCCC1(C(=O)O)CCCN1C(=O)C1(C)CCCN1. The van der Waals surface area contributed by atoms with Gasteiger partial charge in [-0.05, 0) is 45.6 Å². The van der Waals surface area contributed by atoms with Crippen LogP contribution in [0.1, 0.15) is 52.4 Å². The molecule has 1 amide bonds. The van der Waals surface area contributed by atoms with Crippen LogP contribution in [0, 0.1) is 0 Å². The van der Waals surface area contributed by atoms with Gasteiger partial charge >= 0.3 is 5.97 Å². The number of rotatable bonds is 4. The van der Waals surface area contributed by atoms with E-state index in [2.05, 4.69) is 5.32 Å². The molecular formula is C14H24N2O3. The molecule has 2 aliphatic rings. The van der Waals surface area contributed by atoms with E-state index in [1.54, 1.807) is 4.90 Å². The molecule has 2 N–H and O–H groups in total. The van der Waals surface area contributed by atoms with Crippen molar-refractivity contribution in [1.82, 2.24) is 10.2 Å². The molecule has 2 atom stereocenters. The van der Waals surface area contributed by atoms with E-state index in [1.165, 1.54) is 0 Å². The highest BCUT2D eigenvalue weighted by Crippen LogP contribution is 2.37. The third kappa shape index (κ3) is 2.24. The number of likely N-dealkylation sites (tertiary alicyclic amines) is 1. The number of carboxylic acids is 1. The fourth-order valence-corrected chi connectivity index (χ4v) is 3.55. The summed E-state index contributed by atoms with van der Waals surface area (Å²) >= 11 is 0. The number of carboxylic acid groups (broad SMARTS) is 1. The first-order valence-corrected chi connectivity index (χ1v) is 7.27. The summed E-state index contributed by atoms with van der Waals surface area (Å²) in [7, 11) is 0. The number of hydrogen-bond donors (Lipinski definition) is 2. The Labute approximate surface area is 114 Å². The number of aliphatic carboxylic acids is 1. The number of hydrogen-bond acceptors (Lipinski definition) is 3. The molecule has 2 fully saturated rings. The highest BCUT2D eigenvalue weighted by atomic mass is 16.4. The maximum absolute atomic E-state index is 12.8. The maximum Gasteiger partial charge on any atom is 0.329 e. The van der Waals surface area contributed by atoms with Crippen LogP contribution in [0.2, 0.25) is 0 Å². The Morgan fingerprint density at radius 1 is 1.32 bits per heavy atom. The first-order valence-electron chi connectivity index (χ1n) is 7.27. The van der Waals surface area contributed by atoms with Gasteiger partial charge in [0.05, 0.1) is 5.54 Å². The minimum atomic E-state index is -0.973. The molecule has 2 rings (SSSR count). The fourth-order valence-electron chi connectivity index (χ4n) is 3.55. The maximum atomic E-state index is 12.8. The average molecular weight is 268 g/mol. The molecular weight excluding hydrogens is 244 g/mol. The summed E-state index contributed by atoms with van der Waals surface area (Å²) in [6.07, 6.45) is 4.46. The summed E-state index contributed by atoms with van der Waals surface area (Å²) in [4.78, 5) is 26.1. The van der Waals surface area contributed by atoms with Crippen LogP contribution in [0.15, 0.2) is 0 Å². The van der Waals surface area contributed by atoms with Gasteiger partial charge in [-0.3, -0.25) is 4.79 Å². The van der Waals surface area contributed by atoms with Crippen LogP contribution in [-0.2, 0) is 9.59 Å². The molecule has 19 heavy (non-hydrogen) atoms. The normalized spacial score (nSPS) is 34.7. The lowest BCUT2D eigenvalue weighted by molar-refractivity contribution is -0.159. The van der Waals surface area contributed by atoms with Crippen molar-refractivity contribution in [3.8, 4) is 0 Å². The lowest BCUT2D eigenvalue weighted by atomic mass is 9.88. The van der Waals surface area contributed by atoms with E-state index in [1.807, 2.05) is 13.8 Å². The summed E-state index contributed by atoms with van der Waals surface area (Å²) < 4.78 is 0. The Balaban J connectivity index is 2.26. The van der Waals surface area contributed by atoms with Gasteiger partial charge < -0.3 is 15.3 Å². The number of nitrogens with one attached hydrogen (secondary N) is 1. The third-order valence-corrected chi connectivity index (χ3v) is 4.64. The zero-order chi connectivity index (χ0) is 14.1. The molecule has 0 aromatic carbocycles. The quantitative estimate of drug-likeness (QED) is 0.808. The summed E-state index contributed by atoms with van der Waals surface area (Å²) in [6.45, 7) is 5.28. The van der Waals surface area contributed by atoms with Gasteiger partial charge in [-0.15, -0.1) is 0 Å². The Morgan fingerprint density at radius 3 is 2.58 bits per heavy atom. The number of carbonyl (C=O) groups is 2. The summed E-state index contributed by atoms with van der Waals surface area (Å²) in [6, 6.07) is 0. The van der Waals surface area contributed by atoms with E-state index in [0.29, 0.717) is 19.4 Å². The molecule has 0 spiro atoms. The van der Waals surface area contributed by atoms with Gasteiger partial charge in [0.15, 0.2) is 0 Å². The second-order valence-corrected chi connectivity index (χ2v) is 6.01. The Hall–Kier alpha value is -1.10. The Kier molecular flexibility index (Phi) is 3.85. The predicted molar refractivity (Wildman–Crippen MR) is 71.9 cm³/mol. The van der Waals surface area contributed by atoms with Crippen molar-refractivity contribution in [2.75, 3.05) is 13.1 Å². The highest BCUT2D eigenvalue weighted by Gasteiger charge is 2.53. The molecule has 2 aliphatic heterocycles. The smallest absolute Gasteiger partial charge is 0.329 e. The van der Waals surface area contributed by atoms with Crippen LogP contribution in [0.3, 0.4) is 0 Å². The van der Waals surface area contributed by atoms with Crippen molar-refractivity contribution in [1.29, 1.82) is 0 Å². The molecule has 0 bridgehead atoms. The van der Waals surface area contributed by atoms with Gasteiger partial charge in [0.1, 0.15) is 5.54 Å². The summed E-state index contributed by atoms with van der Waals surface area (Å²) in [5.74, 6) is -0.875. The second kappa shape index (κ2) is 5.12. The molecule has 0 aromatic heterocycles. The average Bonchev–Trinajstić information content (AvgIpc) is 2.97. The predicted octanol–water partition coefficient (Wildman–Crippen LogP) is 1.37. The second-order valence-electron chi connectivity index (χ2n) is 6.01. The Morgan fingerprint density at radius 2 is 2.05 bits per heavy atom. The van der Waals surface area contributed by atoms with E-state index in [0.717, 1.165) is 32.2 Å². The van der Waals surface area contributed by atoms with Crippen molar-refractivity contribution < 1.29 is 14.7 Å². The summed E-state index contributed by atoms with van der Waals surface area (Å²) in [5.41, 5.74) is -1.54. The zero-order valence-electron chi connectivity index (χ0n) is 11.9. The largest absolute Gasteiger partial charge is 0.479 e. The first kappa shape index (κ1) is 14.3. The monoisotopic (exact) mass is 268 g/mol. The number of amides is 1. The lowest BCUT2D eigenvalue weighted by Gasteiger charge is -2.39. The van der Waals surface area contributed by atoms with Gasteiger partial charge in [0.25, 0.3) is 0 Å². The highest BCUT2D eigenvalue weighted by molar-refractivity contribution is 5.92. The molecule has 0 saturated carbocycles. The molecule has 2 heterocycles.